The Morgan fingerprint density at radius 2 is 2.29 bits per heavy atom. The highest BCUT2D eigenvalue weighted by Crippen LogP contribution is 2.36. The fourth-order valence-corrected chi connectivity index (χ4v) is 2.76. The van der Waals surface area contributed by atoms with E-state index in [-0.39, 0.29) is 18.2 Å². The van der Waals surface area contributed by atoms with Gasteiger partial charge in [-0.15, -0.1) is 0 Å². The van der Waals surface area contributed by atoms with Gasteiger partial charge in [-0.25, -0.2) is 0 Å². The minimum Gasteiger partial charge on any atom is -0.389 e. The van der Waals surface area contributed by atoms with Crippen molar-refractivity contribution in [2.45, 2.75) is 30.6 Å². The van der Waals surface area contributed by atoms with Gasteiger partial charge in [0, 0.05) is 12.4 Å². The van der Waals surface area contributed by atoms with Gasteiger partial charge in [0.15, 0.2) is 6.29 Å². The number of aliphatic hydroxyl groups is 1. The van der Waals surface area contributed by atoms with Crippen molar-refractivity contribution in [1.29, 1.82) is 0 Å². The van der Waals surface area contributed by atoms with Gasteiger partial charge < -0.3 is 19.5 Å². The minimum atomic E-state index is -0.545. The Balaban J connectivity index is 1.93. The largest absolute Gasteiger partial charge is 0.389 e. The van der Waals surface area contributed by atoms with Crippen molar-refractivity contribution in [3.63, 3.8) is 0 Å². The van der Waals surface area contributed by atoms with Crippen molar-refractivity contribution >= 4 is 0 Å². The Morgan fingerprint density at radius 1 is 1.47 bits per heavy atom. The van der Waals surface area contributed by atoms with Crippen molar-refractivity contribution in [3.8, 4) is 0 Å². The lowest BCUT2D eigenvalue weighted by molar-refractivity contribution is -0.181. The van der Waals surface area contributed by atoms with E-state index in [1.807, 2.05) is 31.3 Å². The Labute approximate surface area is 99.7 Å². The summed E-state index contributed by atoms with van der Waals surface area (Å²) in [6.07, 6.45) is 2.52. The van der Waals surface area contributed by atoms with E-state index in [4.69, 9.17) is 9.47 Å². The van der Waals surface area contributed by atoms with E-state index in [1.165, 1.54) is 0 Å². The highest BCUT2D eigenvalue weighted by atomic mass is 16.7. The molecule has 17 heavy (non-hydrogen) atoms. The molecule has 2 bridgehead atoms. The second kappa shape index (κ2) is 4.06. The summed E-state index contributed by atoms with van der Waals surface area (Å²) in [7, 11) is 3.88. The lowest BCUT2D eigenvalue weighted by Crippen LogP contribution is -2.57. The van der Waals surface area contributed by atoms with E-state index in [1.54, 1.807) is 10.9 Å². The molecule has 0 amide bonds. The summed E-state index contributed by atoms with van der Waals surface area (Å²) in [5.41, 5.74) is 0. The van der Waals surface area contributed by atoms with Gasteiger partial charge in [-0.2, -0.15) is 5.10 Å². The number of ether oxygens (including phenoxy) is 2. The molecule has 0 unspecified atom stereocenters. The van der Waals surface area contributed by atoms with Crippen LogP contribution >= 0.6 is 0 Å². The third-order valence-corrected chi connectivity index (χ3v) is 3.52. The first-order chi connectivity index (χ1) is 8.18. The Bertz CT molecular complexity index is 381. The van der Waals surface area contributed by atoms with Gasteiger partial charge in [-0.1, -0.05) is 0 Å². The summed E-state index contributed by atoms with van der Waals surface area (Å²) < 4.78 is 13.1. The number of hydrogen-bond donors (Lipinski definition) is 1. The smallest absolute Gasteiger partial charge is 0.183 e. The number of hydrogen-bond acceptors (Lipinski definition) is 5. The molecule has 1 N–H and O–H groups in total. The van der Waals surface area contributed by atoms with Crippen molar-refractivity contribution in [1.82, 2.24) is 14.7 Å². The summed E-state index contributed by atoms with van der Waals surface area (Å²) in [4.78, 5) is 1.98. The van der Waals surface area contributed by atoms with Crippen LogP contribution in [-0.2, 0) is 9.47 Å². The monoisotopic (exact) mass is 239 g/mol. The predicted octanol–water partition coefficient (Wildman–Crippen LogP) is -0.530. The van der Waals surface area contributed by atoms with Gasteiger partial charge in [0.25, 0.3) is 0 Å². The molecule has 6 heteroatoms. The first kappa shape index (κ1) is 11.2. The molecule has 5 atom stereocenters. The maximum atomic E-state index is 10.5. The quantitative estimate of drug-likeness (QED) is 0.752. The second-order valence-corrected chi connectivity index (χ2v) is 4.80. The van der Waals surface area contributed by atoms with E-state index in [0.29, 0.717) is 6.61 Å². The second-order valence-electron chi connectivity index (χ2n) is 4.80. The minimum absolute atomic E-state index is 0.0585. The number of aromatic nitrogens is 2. The molecule has 2 fully saturated rings. The van der Waals surface area contributed by atoms with Crippen molar-refractivity contribution in [2.75, 3.05) is 20.7 Å². The zero-order valence-corrected chi connectivity index (χ0v) is 9.93. The Morgan fingerprint density at radius 3 is 2.94 bits per heavy atom. The maximum Gasteiger partial charge on any atom is 0.183 e. The topological polar surface area (TPSA) is 59.8 Å². The summed E-state index contributed by atoms with van der Waals surface area (Å²) >= 11 is 0. The maximum absolute atomic E-state index is 10.5. The number of rotatable bonds is 2. The fraction of sp³-hybridized carbons (Fsp3) is 0.727. The van der Waals surface area contributed by atoms with Gasteiger partial charge >= 0.3 is 0 Å². The van der Waals surface area contributed by atoms with E-state index >= 15 is 0 Å². The normalized spacial score (nSPS) is 41.1. The average Bonchev–Trinajstić information content (AvgIpc) is 2.89. The zero-order valence-electron chi connectivity index (χ0n) is 9.93. The third kappa shape index (κ3) is 1.68. The van der Waals surface area contributed by atoms with Crippen LogP contribution < -0.4 is 0 Å². The zero-order chi connectivity index (χ0) is 12.0. The molecule has 3 rings (SSSR count). The SMILES string of the molecule is CN(C)[C@H]1[C@H](O)[C@@H](n2cccn2)[C@@H]2OC[C@H]1O2. The molecule has 1 aromatic rings. The van der Waals surface area contributed by atoms with E-state index in [0.717, 1.165) is 0 Å². The molecular weight excluding hydrogens is 222 g/mol. The molecule has 6 nitrogen and oxygen atoms in total. The number of nitrogens with zero attached hydrogens (tertiary/aromatic N) is 3. The summed E-state index contributed by atoms with van der Waals surface area (Å²) in [5, 5.41) is 14.7. The van der Waals surface area contributed by atoms with Crippen LogP contribution in [0.3, 0.4) is 0 Å². The van der Waals surface area contributed by atoms with Gasteiger partial charge in [-0.05, 0) is 20.2 Å². The number of likely N-dealkylation sites (N-methyl/N-ethyl adjacent to an activating group) is 1. The summed E-state index contributed by atoms with van der Waals surface area (Å²) in [5.74, 6) is 0. The van der Waals surface area contributed by atoms with E-state index in [2.05, 4.69) is 5.10 Å². The van der Waals surface area contributed by atoms with Gasteiger partial charge in [-0.3, -0.25) is 4.68 Å². The van der Waals surface area contributed by atoms with Crippen molar-refractivity contribution < 1.29 is 14.6 Å². The fourth-order valence-electron chi connectivity index (χ4n) is 2.76. The Kier molecular flexibility index (Phi) is 2.67. The number of aliphatic hydroxyl groups excluding tert-OH is 1. The van der Waals surface area contributed by atoms with Crippen LogP contribution in [0.15, 0.2) is 18.5 Å². The Hall–Kier alpha value is -0.950. The first-order valence-corrected chi connectivity index (χ1v) is 5.79. The van der Waals surface area contributed by atoms with Crippen LogP contribution in [0.2, 0.25) is 0 Å². The van der Waals surface area contributed by atoms with Crippen LogP contribution in [0.5, 0.6) is 0 Å². The molecule has 2 aliphatic rings. The first-order valence-electron chi connectivity index (χ1n) is 5.79. The molecule has 94 valence electrons. The molecule has 0 saturated carbocycles. The van der Waals surface area contributed by atoms with Gasteiger partial charge in [0.1, 0.15) is 12.1 Å². The van der Waals surface area contributed by atoms with Gasteiger partial charge in [0.2, 0.25) is 0 Å². The molecule has 0 aromatic carbocycles. The van der Waals surface area contributed by atoms with Crippen LogP contribution in [0.1, 0.15) is 6.04 Å². The van der Waals surface area contributed by atoms with E-state index in [9.17, 15) is 5.11 Å². The molecule has 2 saturated heterocycles. The molecule has 3 heterocycles. The molecule has 0 radical (unpaired) electrons. The van der Waals surface area contributed by atoms with Crippen LogP contribution in [0.25, 0.3) is 0 Å². The highest BCUT2D eigenvalue weighted by molar-refractivity contribution is 5.00. The molecule has 0 aliphatic carbocycles. The molecule has 0 spiro atoms. The summed E-state index contributed by atoms with van der Waals surface area (Å²) in [6.45, 7) is 0.530. The van der Waals surface area contributed by atoms with Crippen molar-refractivity contribution in [3.05, 3.63) is 18.5 Å². The third-order valence-electron chi connectivity index (χ3n) is 3.52. The predicted molar refractivity (Wildman–Crippen MR) is 59.4 cm³/mol. The molecule has 1 aromatic heterocycles. The standard InChI is InChI=1S/C11H17N3O3/c1-13(2)8-7-6-16-11(17-7)9(10(8)15)14-5-3-4-12-14/h3-5,7-11,15H,6H2,1-2H3/t7-,8-,9-,10+,11-/m1/s1. The van der Waals surface area contributed by atoms with Crippen molar-refractivity contribution in [2.24, 2.45) is 0 Å². The summed E-state index contributed by atoms with van der Waals surface area (Å²) in [6, 6.07) is 1.48. The van der Waals surface area contributed by atoms with Gasteiger partial charge in [0.05, 0.1) is 18.8 Å². The molecule has 2 aliphatic heterocycles. The van der Waals surface area contributed by atoms with Crippen LogP contribution in [-0.4, -0.2) is 65.0 Å². The lowest BCUT2D eigenvalue weighted by Gasteiger charge is -2.41. The van der Waals surface area contributed by atoms with Crippen LogP contribution in [0.4, 0.5) is 0 Å². The van der Waals surface area contributed by atoms with Crippen LogP contribution in [0, 0.1) is 0 Å². The lowest BCUT2D eigenvalue weighted by atomic mass is 9.95. The van der Waals surface area contributed by atoms with E-state index < -0.39 is 12.4 Å². The average molecular weight is 239 g/mol. The number of fused-ring (bicyclic) bond motifs is 2. The molecular formula is C11H17N3O3. The highest BCUT2D eigenvalue weighted by Gasteiger charge is 2.51.